The van der Waals surface area contributed by atoms with E-state index < -0.39 is 42.3 Å². The van der Waals surface area contributed by atoms with Crippen LogP contribution in [-0.4, -0.2) is 62.4 Å². The van der Waals surface area contributed by atoms with Gasteiger partial charge in [-0.1, -0.05) is 32.9 Å². The molecular weight excluding hydrogens is 692 g/mol. The Bertz CT molecular complexity index is 2040. The molecule has 0 radical (unpaired) electrons. The predicted octanol–water partition coefficient (Wildman–Crippen LogP) is 2.27. The molecule has 14 heteroatoms. The summed E-state index contributed by atoms with van der Waals surface area (Å²) in [6.45, 7) is 14.0. The van der Waals surface area contributed by atoms with Crippen molar-refractivity contribution >= 4 is 38.0 Å². The molecule has 2 aliphatic heterocycles. The minimum absolute atomic E-state index is 0. The molecule has 0 spiro atoms. The number of fused-ring (bicyclic) bond motifs is 2. The Morgan fingerprint density at radius 3 is 2.28 bits per heavy atom. The quantitative estimate of drug-likeness (QED) is 0.156. The van der Waals surface area contributed by atoms with Crippen molar-refractivity contribution in [2.75, 3.05) is 30.3 Å². The molecule has 0 saturated heterocycles. The van der Waals surface area contributed by atoms with E-state index in [1.807, 2.05) is 48.3 Å². The second kappa shape index (κ2) is 16.3. The van der Waals surface area contributed by atoms with E-state index in [4.69, 9.17) is 4.42 Å². The van der Waals surface area contributed by atoms with Crippen LogP contribution in [0.2, 0.25) is 0 Å². The van der Waals surface area contributed by atoms with E-state index in [0.717, 1.165) is 41.1 Å². The number of nitrogens with zero attached hydrogens (tertiary/aromatic N) is 2. The molecule has 50 heavy (non-hydrogen) atoms. The summed E-state index contributed by atoms with van der Waals surface area (Å²) >= 11 is 0. The number of carboxylic acid groups (broad SMARTS) is 1. The number of aliphatic carboxylic acids is 1. The van der Waals surface area contributed by atoms with Gasteiger partial charge in [-0.15, -0.1) is 0 Å². The van der Waals surface area contributed by atoms with Crippen LogP contribution in [0.15, 0.2) is 69.6 Å². The molecule has 0 aromatic heterocycles. The first-order valence-corrected chi connectivity index (χ1v) is 19.4. The molecule has 0 saturated carbocycles. The molecule has 0 bridgehead atoms. The van der Waals surface area contributed by atoms with Crippen molar-refractivity contribution in [3.05, 3.63) is 82.6 Å². The number of carbonyl (C=O) groups is 1. The van der Waals surface area contributed by atoms with Gasteiger partial charge in [0.25, 0.3) is 0 Å². The smallest absolute Gasteiger partial charge is 0.748 e. The Balaban J connectivity index is 0.00000676. The van der Waals surface area contributed by atoms with Crippen LogP contribution >= 0.6 is 0 Å². The standard InChI is InChI=1S/C36H46N2O9S2.Na/c1-7-37(8-2)26-15-17-28-25(22-33(35(3,4)5)47-31(28)23-26)12-9-13-32-36(6,19-10-14-34(39)40)29-24-27(49(44,45)46)16-18-30(29)38(32)20-11-21-48(41,42)43;/h9,12-13,15-18,22-24H,7-8,10-11,14,19-21H2,1-6H3,(H2-,39,40,41,42,43,44,45,46);/q;+1/p-1. The van der Waals surface area contributed by atoms with Gasteiger partial charge in [0.05, 0.1) is 21.1 Å². The Morgan fingerprint density at radius 2 is 1.70 bits per heavy atom. The Morgan fingerprint density at radius 1 is 1.02 bits per heavy atom. The number of benzene rings is 2. The second-order valence-corrected chi connectivity index (χ2v) is 16.5. The summed E-state index contributed by atoms with van der Waals surface area (Å²) in [7, 11) is -9.31. The van der Waals surface area contributed by atoms with E-state index in [0.29, 0.717) is 23.4 Å². The summed E-state index contributed by atoms with van der Waals surface area (Å²) in [5.74, 6) is -0.0824. The molecule has 1 aliphatic carbocycles. The van der Waals surface area contributed by atoms with Gasteiger partial charge in [-0.05, 0) is 87.6 Å². The fourth-order valence-corrected chi connectivity index (χ4v) is 7.40. The third-order valence-electron chi connectivity index (χ3n) is 9.02. The molecule has 1 N–H and O–H groups in total. The van der Waals surface area contributed by atoms with Gasteiger partial charge < -0.3 is 23.5 Å². The molecule has 0 amide bonds. The van der Waals surface area contributed by atoms with Crippen LogP contribution in [0.3, 0.4) is 0 Å². The number of carboxylic acids is 1. The van der Waals surface area contributed by atoms with Crippen LogP contribution in [0.25, 0.3) is 17.4 Å². The average molecular weight is 737 g/mol. The maximum absolute atomic E-state index is 12.0. The number of allylic oxidation sites excluding steroid dienone is 3. The van der Waals surface area contributed by atoms with Crippen LogP contribution in [0.1, 0.15) is 84.1 Å². The van der Waals surface area contributed by atoms with E-state index in [2.05, 4.69) is 45.3 Å². The summed E-state index contributed by atoms with van der Waals surface area (Å²) in [5.41, 5.74) is 2.24. The maximum Gasteiger partial charge on any atom is 1.00 e. The normalized spacial score (nSPS) is 17.4. The monoisotopic (exact) mass is 736 g/mol. The van der Waals surface area contributed by atoms with Crippen LogP contribution in [-0.2, 0) is 35.9 Å². The van der Waals surface area contributed by atoms with Gasteiger partial charge >= 0.3 is 35.5 Å². The first-order chi connectivity index (χ1) is 22.8. The summed E-state index contributed by atoms with van der Waals surface area (Å²) in [6.07, 6.45) is 6.03. The largest absolute Gasteiger partial charge is 1.00 e. The van der Waals surface area contributed by atoms with Gasteiger partial charge in [-0.25, -0.2) is 21.4 Å². The molecule has 2 heterocycles. The molecule has 1 aromatic carbocycles. The van der Waals surface area contributed by atoms with Gasteiger partial charge in [0.1, 0.15) is 34.7 Å². The van der Waals surface area contributed by atoms with Gasteiger partial charge in [0.15, 0.2) is 0 Å². The van der Waals surface area contributed by atoms with E-state index in [1.54, 1.807) is 0 Å². The van der Waals surface area contributed by atoms with Crippen LogP contribution in [0, 0.1) is 0 Å². The molecular formula is C36H45N2NaO9S2. The van der Waals surface area contributed by atoms with Crippen molar-refractivity contribution in [2.45, 2.75) is 83.0 Å². The Hall–Kier alpha value is -2.78. The SMILES string of the molecule is CC[N+](CC)=c1ccc2c(/C=C/C=C3/N(CCCS(=O)(=O)[O-])c4ccc(S(=O)(=O)[O-])cc4C3(C)CCCC(=O)O)cc(C(C)(C)C)oc-2c1.[Na+]. The first kappa shape index (κ1) is 41.6. The van der Waals surface area contributed by atoms with Gasteiger partial charge in [-0.2, -0.15) is 0 Å². The molecule has 1 aromatic rings. The number of rotatable bonds is 13. The van der Waals surface area contributed by atoms with Crippen molar-refractivity contribution in [1.29, 1.82) is 0 Å². The summed E-state index contributed by atoms with van der Waals surface area (Å²) < 4.78 is 79.2. The second-order valence-electron chi connectivity index (χ2n) is 13.6. The average Bonchev–Trinajstić information content (AvgIpc) is 3.22. The van der Waals surface area contributed by atoms with E-state index in [9.17, 15) is 35.8 Å². The van der Waals surface area contributed by atoms with Crippen molar-refractivity contribution in [2.24, 2.45) is 0 Å². The summed E-state index contributed by atoms with van der Waals surface area (Å²) in [6, 6.07) is 12.1. The van der Waals surface area contributed by atoms with Gasteiger partial charge in [-0.3, -0.25) is 4.79 Å². The van der Waals surface area contributed by atoms with E-state index >= 15 is 0 Å². The third kappa shape index (κ3) is 9.75. The topological polar surface area (TPSA) is 171 Å². The molecule has 3 aliphatic rings. The van der Waals surface area contributed by atoms with Crippen molar-refractivity contribution in [1.82, 2.24) is 4.58 Å². The molecule has 4 rings (SSSR count). The Labute approximate surface area is 317 Å². The first-order valence-electron chi connectivity index (χ1n) is 16.4. The van der Waals surface area contributed by atoms with Crippen molar-refractivity contribution in [3.63, 3.8) is 0 Å². The minimum Gasteiger partial charge on any atom is -0.748 e. The molecule has 1 atom stereocenters. The van der Waals surface area contributed by atoms with Gasteiger partial charge in [0, 0.05) is 52.6 Å². The minimum atomic E-state index is -4.81. The van der Waals surface area contributed by atoms with E-state index in [-0.39, 0.29) is 60.8 Å². The van der Waals surface area contributed by atoms with Crippen LogP contribution < -0.4 is 44.4 Å². The molecule has 11 nitrogen and oxygen atoms in total. The van der Waals surface area contributed by atoms with Crippen LogP contribution in [0.4, 0.5) is 5.69 Å². The molecule has 1 unspecified atom stereocenters. The maximum atomic E-state index is 12.0. The number of anilines is 1. The summed E-state index contributed by atoms with van der Waals surface area (Å²) in [5, 5.41) is 10.4. The molecule has 0 fully saturated rings. The third-order valence-corrected chi connectivity index (χ3v) is 10.6. The number of hydrogen-bond donors (Lipinski definition) is 1. The zero-order valence-corrected chi connectivity index (χ0v) is 33.5. The van der Waals surface area contributed by atoms with Gasteiger partial charge in [0.2, 0.25) is 5.36 Å². The number of hydrogen-bond acceptors (Lipinski definition) is 9. The molecule has 266 valence electrons. The fraction of sp³-hybridized carbons (Fsp3) is 0.444. The predicted molar refractivity (Wildman–Crippen MR) is 187 cm³/mol. The van der Waals surface area contributed by atoms with Crippen LogP contribution in [0.5, 0.6) is 0 Å². The van der Waals surface area contributed by atoms with Crippen molar-refractivity contribution in [3.8, 4) is 11.3 Å². The fourth-order valence-electron chi connectivity index (χ4n) is 6.42. The zero-order chi connectivity index (χ0) is 36.4. The van der Waals surface area contributed by atoms with E-state index in [1.165, 1.54) is 18.2 Å². The Kier molecular flexibility index (Phi) is 13.5. The zero-order valence-electron chi connectivity index (χ0n) is 29.9. The van der Waals surface area contributed by atoms with Crippen molar-refractivity contribution < 1.29 is 69.8 Å². The summed E-state index contributed by atoms with van der Waals surface area (Å²) in [4.78, 5) is 12.9.